The molecule has 0 aliphatic carbocycles. The molecule has 0 aliphatic heterocycles. The number of hydrogen-bond donors (Lipinski definition) is 2. The summed E-state index contributed by atoms with van der Waals surface area (Å²) in [6.07, 6.45) is 0. The van der Waals surface area contributed by atoms with Crippen molar-refractivity contribution < 1.29 is 13.9 Å². The van der Waals surface area contributed by atoms with E-state index in [0.29, 0.717) is 12.2 Å². The van der Waals surface area contributed by atoms with E-state index in [1.807, 2.05) is 30.3 Å². The number of nitrogens with one attached hydrogen (secondary N) is 2. The number of carbonyl (C=O) groups excluding carboxylic acids is 1. The Morgan fingerprint density at radius 3 is 2.68 bits per heavy atom. The third-order valence-electron chi connectivity index (χ3n) is 2.81. The first-order chi connectivity index (χ1) is 10.7. The Hall–Kier alpha value is -2.21. The highest BCUT2D eigenvalue weighted by Gasteiger charge is 2.06. The smallest absolute Gasteiger partial charge is 0.319 e. The Labute approximate surface area is 133 Å². The molecule has 2 N–H and O–H groups in total. The van der Waals surface area contributed by atoms with Crippen molar-refractivity contribution in [2.24, 2.45) is 0 Å². The van der Waals surface area contributed by atoms with E-state index in [1.165, 1.54) is 19.2 Å². The van der Waals surface area contributed by atoms with Gasteiger partial charge in [-0.05, 0) is 24.3 Å². The standard InChI is InChI=1S/C16H17FN2O2S/c1-21-15-8-7-12(11-14(15)17)19-16(20)18-9-10-22-13-5-3-2-4-6-13/h2-8,11H,9-10H2,1H3,(H2,18,19,20). The van der Waals surface area contributed by atoms with Crippen molar-refractivity contribution in [1.29, 1.82) is 0 Å². The second kappa shape index (κ2) is 8.29. The molecular weight excluding hydrogens is 303 g/mol. The first-order valence-corrected chi connectivity index (χ1v) is 7.74. The lowest BCUT2D eigenvalue weighted by Crippen LogP contribution is -2.30. The van der Waals surface area contributed by atoms with Crippen molar-refractivity contribution in [1.82, 2.24) is 5.32 Å². The van der Waals surface area contributed by atoms with Gasteiger partial charge in [-0.15, -0.1) is 11.8 Å². The van der Waals surface area contributed by atoms with Gasteiger partial charge in [-0.2, -0.15) is 0 Å². The third kappa shape index (κ3) is 4.96. The van der Waals surface area contributed by atoms with Crippen LogP contribution in [0.3, 0.4) is 0 Å². The van der Waals surface area contributed by atoms with Crippen LogP contribution in [0.5, 0.6) is 5.75 Å². The Balaban J connectivity index is 1.73. The van der Waals surface area contributed by atoms with Crippen LogP contribution in [0.15, 0.2) is 53.4 Å². The molecule has 22 heavy (non-hydrogen) atoms. The molecule has 0 heterocycles. The van der Waals surface area contributed by atoms with Gasteiger partial charge in [0.1, 0.15) is 0 Å². The molecule has 116 valence electrons. The fraction of sp³-hybridized carbons (Fsp3) is 0.188. The fourth-order valence-electron chi connectivity index (χ4n) is 1.77. The van der Waals surface area contributed by atoms with Crippen LogP contribution in [-0.4, -0.2) is 25.4 Å². The number of urea groups is 1. The zero-order valence-corrected chi connectivity index (χ0v) is 13.0. The van der Waals surface area contributed by atoms with E-state index >= 15 is 0 Å². The number of methoxy groups -OCH3 is 1. The Kier molecular flexibility index (Phi) is 6.09. The molecule has 2 rings (SSSR count). The van der Waals surface area contributed by atoms with Gasteiger partial charge >= 0.3 is 6.03 Å². The van der Waals surface area contributed by atoms with Crippen LogP contribution in [0.2, 0.25) is 0 Å². The highest BCUT2D eigenvalue weighted by atomic mass is 32.2. The zero-order valence-electron chi connectivity index (χ0n) is 12.1. The Morgan fingerprint density at radius 2 is 2.00 bits per heavy atom. The molecule has 0 saturated heterocycles. The normalized spacial score (nSPS) is 10.1. The maximum absolute atomic E-state index is 13.5. The molecule has 0 unspecified atom stereocenters. The van der Waals surface area contributed by atoms with Crippen molar-refractivity contribution in [3.05, 3.63) is 54.3 Å². The second-order valence-corrected chi connectivity index (χ2v) is 5.56. The van der Waals surface area contributed by atoms with Gasteiger partial charge in [-0.25, -0.2) is 9.18 Å². The number of thioether (sulfide) groups is 1. The lowest BCUT2D eigenvalue weighted by Gasteiger charge is -2.09. The number of amides is 2. The van der Waals surface area contributed by atoms with Crippen LogP contribution in [-0.2, 0) is 0 Å². The van der Waals surface area contributed by atoms with Crippen molar-refractivity contribution >= 4 is 23.5 Å². The maximum atomic E-state index is 13.5. The summed E-state index contributed by atoms with van der Waals surface area (Å²) in [5, 5.41) is 5.30. The predicted molar refractivity (Wildman–Crippen MR) is 87.1 cm³/mol. The molecule has 0 spiro atoms. The second-order valence-electron chi connectivity index (χ2n) is 4.39. The topological polar surface area (TPSA) is 50.4 Å². The highest BCUT2D eigenvalue weighted by Crippen LogP contribution is 2.20. The van der Waals surface area contributed by atoms with Gasteiger partial charge in [-0.1, -0.05) is 18.2 Å². The SMILES string of the molecule is COc1ccc(NC(=O)NCCSc2ccccc2)cc1F. The summed E-state index contributed by atoms with van der Waals surface area (Å²) < 4.78 is 18.3. The minimum Gasteiger partial charge on any atom is -0.494 e. The molecule has 0 radical (unpaired) electrons. The molecule has 0 saturated carbocycles. The van der Waals surface area contributed by atoms with Crippen LogP contribution < -0.4 is 15.4 Å². The summed E-state index contributed by atoms with van der Waals surface area (Å²) in [7, 11) is 1.39. The average molecular weight is 320 g/mol. The van der Waals surface area contributed by atoms with Gasteiger partial charge < -0.3 is 15.4 Å². The maximum Gasteiger partial charge on any atom is 0.319 e. The number of carbonyl (C=O) groups is 1. The summed E-state index contributed by atoms with van der Waals surface area (Å²) in [4.78, 5) is 12.9. The van der Waals surface area contributed by atoms with E-state index in [4.69, 9.17) is 4.74 Å². The molecule has 2 aromatic rings. The van der Waals surface area contributed by atoms with E-state index in [2.05, 4.69) is 10.6 Å². The summed E-state index contributed by atoms with van der Waals surface area (Å²) in [5.41, 5.74) is 0.381. The quantitative estimate of drug-likeness (QED) is 0.629. The first-order valence-electron chi connectivity index (χ1n) is 6.75. The molecule has 2 amide bonds. The number of ether oxygens (including phenoxy) is 1. The number of hydrogen-bond acceptors (Lipinski definition) is 3. The number of rotatable bonds is 6. The van der Waals surface area contributed by atoms with Crippen LogP contribution in [0, 0.1) is 5.82 Å². The van der Waals surface area contributed by atoms with Gasteiger partial charge in [0.2, 0.25) is 0 Å². The minimum absolute atomic E-state index is 0.144. The van der Waals surface area contributed by atoms with E-state index in [-0.39, 0.29) is 11.8 Å². The molecule has 4 nitrogen and oxygen atoms in total. The number of anilines is 1. The Morgan fingerprint density at radius 1 is 1.23 bits per heavy atom. The summed E-state index contributed by atoms with van der Waals surface area (Å²) in [6.45, 7) is 0.518. The lowest BCUT2D eigenvalue weighted by molar-refractivity contribution is 0.252. The van der Waals surface area contributed by atoms with Gasteiger partial charge in [0.25, 0.3) is 0 Å². The van der Waals surface area contributed by atoms with Gasteiger partial charge in [0, 0.05) is 28.9 Å². The van der Waals surface area contributed by atoms with Crippen molar-refractivity contribution in [2.75, 3.05) is 24.7 Å². The lowest BCUT2D eigenvalue weighted by atomic mass is 10.3. The van der Waals surface area contributed by atoms with Crippen LogP contribution >= 0.6 is 11.8 Å². The zero-order chi connectivity index (χ0) is 15.8. The molecule has 2 aromatic carbocycles. The molecule has 0 bridgehead atoms. The molecule has 0 atom stereocenters. The van der Waals surface area contributed by atoms with E-state index < -0.39 is 5.82 Å². The van der Waals surface area contributed by atoms with Gasteiger partial charge in [-0.3, -0.25) is 0 Å². The molecule has 6 heteroatoms. The fourth-order valence-corrected chi connectivity index (χ4v) is 2.56. The van der Waals surface area contributed by atoms with Crippen molar-refractivity contribution in [2.45, 2.75) is 4.90 Å². The number of halogens is 1. The highest BCUT2D eigenvalue weighted by molar-refractivity contribution is 7.99. The molecule has 0 fully saturated rings. The number of benzene rings is 2. The van der Waals surface area contributed by atoms with E-state index in [9.17, 15) is 9.18 Å². The van der Waals surface area contributed by atoms with E-state index in [1.54, 1.807) is 17.8 Å². The molecular formula is C16H17FN2O2S. The summed E-state index contributed by atoms with van der Waals surface area (Å²) in [5.74, 6) is 0.388. The first kappa shape index (κ1) is 16.2. The monoisotopic (exact) mass is 320 g/mol. The predicted octanol–water partition coefficient (Wildman–Crippen LogP) is 3.75. The summed E-state index contributed by atoms with van der Waals surface area (Å²) >= 11 is 1.66. The van der Waals surface area contributed by atoms with E-state index in [0.717, 1.165) is 10.6 Å². The molecule has 0 aromatic heterocycles. The van der Waals surface area contributed by atoms with Gasteiger partial charge in [0.05, 0.1) is 7.11 Å². The minimum atomic E-state index is -0.514. The van der Waals surface area contributed by atoms with Crippen LogP contribution in [0.25, 0.3) is 0 Å². The van der Waals surface area contributed by atoms with Crippen molar-refractivity contribution in [3.63, 3.8) is 0 Å². The average Bonchev–Trinajstić information content (AvgIpc) is 2.53. The third-order valence-corrected chi connectivity index (χ3v) is 3.82. The van der Waals surface area contributed by atoms with Crippen LogP contribution in [0.4, 0.5) is 14.9 Å². The Bertz CT molecular complexity index is 623. The van der Waals surface area contributed by atoms with Crippen LogP contribution in [0.1, 0.15) is 0 Å². The summed E-state index contributed by atoms with van der Waals surface area (Å²) in [6, 6.07) is 13.9. The largest absolute Gasteiger partial charge is 0.494 e. The molecule has 0 aliphatic rings. The van der Waals surface area contributed by atoms with Crippen molar-refractivity contribution in [3.8, 4) is 5.75 Å². The van der Waals surface area contributed by atoms with Gasteiger partial charge in [0.15, 0.2) is 11.6 Å².